The van der Waals surface area contributed by atoms with Gasteiger partial charge in [-0.15, -0.1) is 0 Å². The van der Waals surface area contributed by atoms with Gasteiger partial charge in [0.05, 0.1) is 22.2 Å². The van der Waals surface area contributed by atoms with Crippen molar-refractivity contribution in [1.29, 1.82) is 0 Å². The van der Waals surface area contributed by atoms with Crippen LogP contribution in [-0.4, -0.2) is 48.5 Å². The van der Waals surface area contributed by atoms with Crippen LogP contribution in [0.5, 0.6) is 5.75 Å². The minimum atomic E-state index is -0.568. The number of nitrogens with one attached hydrogen (secondary N) is 1. The van der Waals surface area contributed by atoms with Crippen molar-refractivity contribution in [2.45, 2.75) is 13.5 Å². The number of nitrogens with zero attached hydrogens (tertiary/aromatic N) is 3. The lowest BCUT2D eigenvalue weighted by Gasteiger charge is -2.36. The van der Waals surface area contributed by atoms with E-state index in [0.29, 0.717) is 10.7 Å². The SMILES string of the molecule is CCOc1ccc(C(=O)Nc2ccc(N3CCN(Cc4ccccc4Cl)CC3)c(Cl)c2)cc1[N+](=O)[O-]. The first-order chi connectivity index (χ1) is 17.4. The molecule has 3 aromatic rings. The van der Waals surface area contributed by atoms with Gasteiger partial charge in [-0.2, -0.15) is 0 Å². The number of hydrogen-bond donors (Lipinski definition) is 1. The summed E-state index contributed by atoms with van der Waals surface area (Å²) in [5.41, 5.74) is 2.40. The van der Waals surface area contributed by atoms with Crippen LogP contribution in [0.2, 0.25) is 10.0 Å². The zero-order valence-corrected chi connectivity index (χ0v) is 21.3. The second kappa shape index (κ2) is 11.6. The molecule has 0 bridgehead atoms. The maximum atomic E-state index is 12.7. The van der Waals surface area contributed by atoms with E-state index < -0.39 is 10.8 Å². The van der Waals surface area contributed by atoms with Crippen LogP contribution in [0.25, 0.3) is 0 Å². The molecule has 1 saturated heterocycles. The topological polar surface area (TPSA) is 88.0 Å². The molecule has 0 unspecified atom stereocenters. The highest BCUT2D eigenvalue weighted by Gasteiger charge is 2.21. The van der Waals surface area contributed by atoms with Gasteiger partial charge in [0.2, 0.25) is 0 Å². The Kier molecular flexibility index (Phi) is 8.30. The van der Waals surface area contributed by atoms with E-state index in [0.717, 1.165) is 49.0 Å². The van der Waals surface area contributed by atoms with Gasteiger partial charge in [0, 0.05) is 55.1 Å². The number of carbonyl (C=O) groups is 1. The van der Waals surface area contributed by atoms with E-state index in [2.05, 4.69) is 15.1 Å². The summed E-state index contributed by atoms with van der Waals surface area (Å²) in [5.74, 6) is -0.350. The lowest BCUT2D eigenvalue weighted by Crippen LogP contribution is -2.46. The van der Waals surface area contributed by atoms with Crippen LogP contribution in [0.1, 0.15) is 22.8 Å². The maximum Gasteiger partial charge on any atom is 0.311 e. The van der Waals surface area contributed by atoms with Crippen LogP contribution < -0.4 is 15.0 Å². The van der Waals surface area contributed by atoms with Crippen molar-refractivity contribution in [2.75, 3.05) is 43.0 Å². The van der Waals surface area contributed by atoms with E-state index in [-0.39, 0.29) is 23.6 Å². The maximum absolute atomic E-state index is 12.7. The third-order valence-electron chi connectivity index (χ3n) is 5.99. The number of anilines is 2. The van der Waals surface area contributed by atoms with Gasteiger partial charge in [0.1, 0.15) is 0 Å². The van der Waals surface area contributed by atoms with Crippen molar-refractivity contribution in [1.82, 2.24) is 4.90 Å². The van der Waals surface area contributed by atoms with Gasteiger partial charge in [-0.3, -0.25) is 19.8 Å². The van der Waals surface area contributed by atoms with Crippen LogP contribution >= 0.6 is 23.2 Å². The number of nitro groups is 1. The molecule has 0 aliphatic carbocycles. The molecule has 0 atom stereocenters. The highest BCUT2D eigenvalue weighted by atomic mass is 35.5. The number of carbonyl (C=O) groups excluding carboxylic acids is 1. The molecule has 0 radical (unpaired) electrons. The van der Waals surface area contributed by atoms with E-state index in [9.17, 15) is 14.9 Å². The number of ether oxygens (including phenoxy) is 1. The average Bonchev–Trinajstić information content (AvgIpc) is 2.86. The monoisotopic (exact) mass is 528 g/mol. The molecule has 8 nitrogen and oxygen atoms in total. The molecule has 188 valence electrons. The van der Waals surface area contributed by atoms with Crippen molar-refractivity contribution in [3.05, 3.63) is 92.0 Å². The van der Waals surface area contributed by atoms with Crippen molar-refractivity contribution >= 4 is 46.2 Å². The molecule has 0 aromatic heterocycles. The van der Waals surface area contributed by atoms with E-state index in [1.807, 2.05) is 30.3 Å². The number of halogens is 2. The van der Waals surface area contributed by atoms with Crippen molar-refractivity contribution in [3.8, 4) is 5.75 Å². The van der Waals surface area contributed by atoms with Gasteiger partial charge in [-0.25, -0.2) is 0 Å². The Hall–Kier alpha value is -3.33. The van der Waals surface area contributed by atoms with Crippen molar-refractivity contribution in [3.63, 3.8) is 0 Å². The third kappa shape index (κ3) is 6.07. The lowest BCUT2D eigenvalue weighted by molar-refractivity contribution is -0.385. The zero-order valence-electron chi connectivity index (χ0n) is 19.7. The van der Waals surface area contributed by atoms with Gasteiger partial charge in [0.25, 0.3) is 5.91 Å². The normalized spacial score (nSPS) is 13.9. The van der Waals surface area contributed by atoms with Crippen LogP contribution in [-0.2, 0) is 6.54 Å². The number of amides is 1. The van der Waals surface area contributed by atoms with E-state index in [1.54, 1.807) is 19.1 Å². The first-order valence-corrected chi connectivity index (χ1v) is 12.3. The van der Waals surface area contributed by atoms with Crippen LogP contribution in [0, 0.1) is 10.1 Å². The van der Waals surface area contributed by atoms with Crippen LogP contribution in [0.4, 0.5) is 17.1 Å². The quantitative estimate of drug-likeness (QED) is 0.290. The summed E-state index contributed by atoms with van der Waals surface area (Å²) in [6.45, 7) is 6.19. The van der Waals surface area contributed by atoms with E-state index >= 15 is 0 Å². The van der Waals surface area contributed by atoms with Gasteiger partial charge in [-0.05, 0) is 48.9 Å². The molecular formula is C26H26Cl2N4O4. The standard InChI is InChI=1S/C26H26Cl2N4O4/c1-2-36-25-10-7-18(15-24(25)32(34)35)26(33)29-20-8-9-23(22(28)16-20)31-13-11-30(12-14-31)17-19-5-3-4-6-21(19)27/h3-10,15-16H,2,11-14,17H2,1H3,(H,29,33). The number of piperazine rings is 1. The van der Waals surface area contributed by atoms with Crippen LogP contribution in [0.3, 0.4) is 0 Å². The molecule has 1 N–H and O–H groups in total. The summed E-state index contributed by atoms with van der Waals surface area (Å²) in [4.78, 5) is 28.1. The molecule has 1 aliphatic heterocycles. The second-order valence-electron chi connectivity index (χ2n) is 8.35. The molecule has 0 spiro atoms. The lowest BCUT2D eigenvalue weighted by atomic mass is 10.1. The van der Waals surface area contributed by atoms with Crippen molar-refractivity contribution in [2.24, 2.45) is 0 Å². The molecular weight excluding hydrogens is 503 g/mol. The highest BCUT2D eigenvalue weighted by molar-refractivity contribution is 6.33. The molecule has 1 amide bonds. The second-order valence-corrected chi connectivity index (χ2v) is 9.16. The molecule has 1 fully saturated rings. The fourth-order valence-corrected chi connectivity index (χ4v) is 4.63. The Morgan fingerprint density at radius 3 is 2.44 bits per heavy atom. The molecule has 1 heterocycles. The van der Waals surface area contributed by atoms with E-state index in [4.69, 9.17) is 27.9 Å². The Balaban J connectivity index is 1.38. The summed E-state index contributed by atoms with van der Waals surface area (Å²) in [5, 5.41) is 15.4. The number of nitro benzene ring substituents is 1. The Morgan fingerprint density at radius 1 is 1.03 bits per heavy atom. The Bertz CT molecular complexity index is 1260. The molecule has 36 heavy (non-hydrogen) atoms. The average molecular weight is 529 g/mol. The largest absolute Gasteiger partial charge is 0.487 e. The number of benzene rings is 3. The fraction of sp³-hybridized carbons (Fsp3) is 0.269. The summed E-state index contributed by atoms with van der Waals surface area (Å²) >= 11 is 12.9. The Labute approximate surface area is 219 Å². The molecule has 1 aliphatic rings. The molecule has 3 aromatic carbocycles. The summed E-state index contributed by atoms with van der Waals surface area (Å²) in [6.07, 6.45) is 0. The first-order valence-electron chi connectivity index (χ1n) is 11.6. The highest BCUT2D eigenvalue weighted by Crippen LogP contribution is 2.31. The summed E-state index contributed by atoms with van der Waals surface area (Å²) in [6, 6.07) is 17.3. The first kappa shape index (κ1) is 25.8. The molecule has 0 saturated carbocycles. The molecule has 10 heteroatoms. The van der Waals surface area contributed by atoms with Crippen molar-refractivity contribution < 1.29 is 14.5 Å². The zero-order chi connectivity index (χ0) is 25.7. The summed E-state index contributed by atoms with van der Waals surface area (Å²) in [7, 11) is 0. The minimum absolute atomic E-state index is 0.124. The number of hydrogen-bond acceptors (Lipinski definition) is 6. The van der Waals surface area contributed by atoms with E-state index in [1.165, 1.54) is 18.2 Å². The van der Waals surface area contributed by atoms with Gasteiger partial charge in [-0.1, -0.05) is 41.4 Å². The predicted molar refractivity (Wildman–Crippen MR) is 143 cm³/mol. The van der Waals surface area contributed by atoms with Gasteiger partial charge < -0.3 is 15.0 Å². The number of rotatable bonds is 8. The molecule has 4 rings (SSSR count). The summed E-state index contributed by atoms with van der Waals surface area (Å²) < 4.78 is 5.27. The van der Waals surface area contributed by atoms with Gasteiger partial charge >= 0.3 is 5.69 Å². The van der Waals surface area contributed by atoms with Crippen LogP contribution in [0.15, 0.2) is 60.7 Å². The smallest absolute Gasteiger partial charge is 0.311 e. The third-order valence-corrected chi connectivity index (χ3v) is 6.66. The predicted octanol–water partition coefficient (Wildman–Crippen LogP) is 5.87. The minimum Gasteiger partial charge on any atom is -0.487 e. The Morgan fingerprint density at radius 2 is 1.78 bits per heavy atom. The fourth-order valence-electron chi connectivity index (χ4n) is 4.14. The van der Waals surface area contributed by atoms with Gasteiger partial charge in [0.15, 0.2) is 5.75 Å².